The maximum atomic E-state index is 13.5. The number of hydrogen-bond acceptors (Lipinski definition) is 5. The zero-order valence-electron chi connectivity index (χ0n) is 20.8. The number of rotatable bonds is 6. The van der Waals surface area contributed by atoms with E-state index in [1.54, 1.807) is 25.4 Å². The molecule has 2 aromatic heterocycles. The van der Waals surface area contributed by atoms with Gasteiger partial charge in [-0.1, -0.05) is 46.9 Å². The van der Waals surface area contributed by atoms with Gasteiger partial charge in [-0.05, 0) is 42.7 Å². The highest BCUT2D eigenvalue weighted by atomic mass is 35.5. The van der Waals surface area contributed by atoms with Gasteiger partial charge in [-0.3, -0.25) is 14.1 Å². The first-order chi connectivity index (χ1) is 18.4. The van der Waals surface area contributed by atoms with Crippen molar-refractivity contribution in [3.63, 3.8) is 0 Å². The summed E-state index contributed by atoms with van der Waals surface area (Å²) < 4.78 is 7.29. The average molecular weight is 571 g/mol. The van der Waals surface area contributed by atoms with Crippen LogP contribution in [0.5, 0.6) is 5.75 Å². The fraction of sp³-hybridized carbons (Fsp3) is 0.321. The van der Waals surface area contributed by atoms with Crippen LogP contribution in [0.25, 0.3) is 17.0 Å². The number of ether oxygens (including phenoxy) is 1. The zero-order chi connectivity index (χ0) is 26.4. The standard InChI is InChI=1S/C28H26Cl3N5O2/c1-38-25-13-22(30)18(11-23(25)31)12-26(37)36-20-7-8-21(36)15-34(14-20)16-24-27(17-3-5-19(29)6-4-17)33-28-32-9-2-10-35(24)28/h2-6,9-11,13,20-21H,7-8,12,14-16H2,1H3. The van der Waals surface area contributed by atoms with Gasteiger partial charge in [0, 0.05) is 65.8 Å². The number of halogens is 3. The summed E-state index contributed by atoms with van der Waals surface area (Å²) in [6, 6.07) is 13.4. The number of hydrogen-bond donors (Lipinski definition) is 0. The maximum absolute atomic E-state index is 13.5. The van der Waals surface area contributed by atoms with Crippen LogP contribution in [0.15, 0.2) is 54.9 Å². The Balaban J connectivity index is 1.22. The SMILES string of the molecule is COc1cc(Cl)c(CC(=O)N2C3CCC2CN(Cc2c(-c4ccc(Cl)cc4)nc4ncccn24)C3)cc1Cl. The average Bonchev–Trinajstić information content (AvgIpc) is 3.41. The monoisotopic (exact) mass is 569 g/mol. The van der Waals surface area contributed by atoms with Crippen molar-refractivity contribution in [2.24, 2.45) is 0 Å². The predicted octanol–water partition coefficient (Wildman–Crippen LogP) is 5.78. The van der Waals surface area contributed by atoms with Gasteiger partial charge in [0.1, 0.15) is 5.75 Å². The second-order valence-corrected chi connectivity index (χ2v) is 11.1. The molecule has 0 spiro atoms. The number of piperazine rings is 1. The van der Waals surface area contributed by atoms with Crippen molar-refractivity contribution in [3.05, 3.63) is 81.2 Å². The summed E-state index contributed by atoms with van der Waals surface area (Å²) in [4.78, 5) is 27.3. The summed E-state index contributed by atoms with van der Waals surface area (Å²) in [5.74, 6) is 1.25. The fourth-order valence-corrected chi connectivity index (χ4v) is 6.39. The second-order valence-electron chi connectivity index (χ2n) is 9.84. The van der Waals surface area contributed by atoms with Gasteiger partial charge in [-0.2, -0.15) is 0 Å². The van der Waals surface area contributed by atoms with Gasteiger partial charge in [0.15, 0.2) is 0 Å². The summed E-state index contributed by atoms with van der Waals surface area (Å²) in [6.45, 7) is 2.31. The first kappa shape index (κ1) is 25.4. The lowest BCUT2D eigenvalue weighted by atomic mass is 10.1. The number of carbonyl (C=O) groups excluding carboxylic acids is 1. The van der Waals surface area contributed by atoms with Crippen LogP contribution in [0.4, 0.5) is 0 Å². The van der Waals surface area contributed by atoms with Gasteiger partial charge < -0.3 is 9.64 Å². The molecule has 2 aliphatic heterocycles. The number of aromatic nitrogens is 3. The smallest absolute Gasteiger partial charge is 0.234 e. The number of benzene rings is 2. The van der Waals surface area contributed by atoms with Gasteiger partial charge >= 0.3 is 0 Å². The highest BCUT2D eigenvalue weighted by molar-refractivity contribution is 6.35. The first-order valence-corrected chi connectivity index (χ1v) is 13.7. The molecule has 2 atom stereocenters. The van der Waals surface area contributed by atoms with Crippen LogP contribution in [0.1, 0.15) is 24.1 Å². The third kappa shape index (κ3) is 4.73. The number of nitrogens with zero attached hydrogens (tertiary/aromatic N) is 5. The Kier molecular flexibility index (Phi) is 6.95. The van der Waals surface area contributed by atoms with Crippen molar-refractivity contribution >= 4 is 46.5 Å². The molecule has 0 radical (unpaired) electrons. The minimum atomic E-state index is 0.0844. The third-order valence-electron chi connectivity index (χ3n) is 7.50. The van der Waals surface area contributed by atoms with Gasteiger partial charge in [0.2, 0.25) is 11.7 Å². The second kappa shape index (κ2) is 10.4. The van der Waals surface area contributed by atoms with Crippen LogP contribution in [0.3, 0.4) is 0 Å². The summed E-state index contributed by atoms with van der Waals surface area (Å²) in [7, 11) is 1.54. The summed E-state index contributed by atoms with van der Waals surface area (Å²) >= 11 is 18.9. The Labute approximate surface area is 235 Å². The Morgan fingerprint density at radius 2 is 1.79 bits per heavy atom. The molecule has 4 aromatic rings. The number of methoxy groups -OCH3 is 1. The lowest BCUT2D eigenvalue weighted by Gasteiger charge is -2.41. The van der Waals surface area contributed by atoms with Crippen LogP contribution in [0, 0.1) is 0 Å². The molecule has 0 aliphatic carbocycles. The molecular weight excluding hydrogens is 545 g/mol. The molecule has 4 heterocycles. The van der Waals surface area contributed by atoms with Gasteiger partial charge in [-0.15, -0.1) is 0 Å². The van der Waals surface area contributed by atoms with Crippen molar-refractivity contribution in [2.45, 2.75) is 37.9 Å². The molecule has 6 rings (SSSR count). The maximum Gasteiger partial charge on any atom is 0.234 e. The molecule has 38 heavy (non-hydrogen) atoms. The van der Waals surface area contributed by atoms with E-state index >= 15 is 0 Å². The van der Waals surface area contributed by atoms with Crippen molar-refractivity contribution in [1.82, 2.24) is 24.2 Å². The summed E-state index contributed by atoms with van der Waals surface area (Å²) in [5, 5.41) is 1.63. The molecular formula is C28H26Cl3N5O2. The van der Waals surface area contributed by atoms with E-state index in [-0.39, 0.29) is 24.4 Å². The minimum Gasteiger partial charge on any atom is -0.495 e. The zero-order valence-corrected chi connectivity index (χ0v) is 23.0. The van der Waals surface area contributed by atoms with Crippen LogP contribution in [-0.2, 0) is 17.8 Å². The Bertz CT molecular complexity index is 1490. The topological polar surface area (TPSA) is 63.0 Å². The normalized spacial score (nSPS) is 19.3. The lowest BCUT2D eigenvalue weighted by Crippen LogP contribution is -2.55. The summed E-state index contributed by atoms with van der Waals surface area (Å²) in [5.41, 5.74) is 3.70. The number of carbonyl (C=O) groups is 1. The molecule has 10 heteroatoms. The van der Waals surface area contributed by atoms with Gasteiger partial charge in [0.05, 0.1) is 29.9 Å². The number of fused-ring (bicyclic) bond motifs is 3. The highest BCUT2D eigenvalue weighted by Gasteiger charge is 2.42. The molecule has 2 aliphatic rings. The molecule has 0 saturated carbocycles. The predicted molar refractivity (Wildman–Crippen MR) is 149 cm³/mol. The molecule has 2 aromatic carbocycles. The molecule has 2 unspecified atom stereocenters. The van der Waals surface area contributed by atoms with E-state index in [1.807, 2.05) is 36.5 Å². The largest absolute Gasteiger partial charge is 0.495 e. The summed E-state index contributed by atoms with van der Waals surface area (Å²) in [6.07, 6.45) is 5.95. The Morgan fingerprint density at radius 1 is 1.05 bits per heavy atom. The highest BCUT2D eigenvalue weighted by Crippen LogP contribution is 2.35. The van der Waals surface area contributed by atoms with Crippen molar-refractivity contribution in [1.29, 1.82) is 0 Å². The van der Waals surface area contributed by atoms with E-state index in [1.165, 1.54) is 0 Å². The van der Waals surface area contributed by atoms with E-state index in [2.05, 4.69) is 19.2 Å². The molecule has 196 valence electrons. The van der Waals surface area contributed by atoms with Crippen LogP contribution in [-0.4, -0.2) is 62.4 Å². The van der Waals surface area contributed by atoms with Crippen molar-refractivity contribution < 1.29 is 9.53 Å². The molecule has 1 amide bonds. The molecule has 7 nitrogen and oxygen atoms in total. The quantitative estimate of drug-likeness (QED) is 0.294. The van der Waals surface area contributed by atoms with Gasteiger partial charge in [-0.25, -0.2) is 9.97 Å². The van der Waals surface area contributed by atoms with Gasteiger partial charge in [0.25, 0.3) is 0 Å². The van der Waals surface area contributed by atoms with E-state index in [0.29, 0.717) is 33.1 Å². The number of amides is 1. The van der Waals surface area contributed by atoms with E-state index < -0.39 is 0 Å². The van der Waals surface area contributed by atoms with Crippen molar-refractivity contribution in [2.75, 3.05) is 20.2 Å². The van der Waals surface area contributed by atoms with Crippen LogP contribution >= 0.6 is 34.8 Å². The van der Waals surface area contributed by atoms with E-state index in [4.69, 9.17) is 44.5 Å². The Hall–Kier alpha value is -2.84. The number of likely N-dealkylation sites (tertiary alicyclic amines) is 1. The fourth-order valence-electron chi connectivity index (χ4n) is 5.78. The number of imidazole rings is 1. The molecule has 2 fully saturated rings. The minimum absolute atomic E-state index is 0.0844. The van der Waals surface area contributed by atoms with Crippen LogP contribution < -0.4 is 4.74 Å². The third-order valence-corrected chi connectivity index (χ3v) is 8.40. The first-order valence-electron chi connectivity index (χ1n) is 12.5. The molecule has 0 N–H and O–H groups in total. The van der Waals surface area contributed by atoms with E-state index in [9.17, 15) is 4.79 Å². The molecule has 2 saturated heterocycles. The van der Waals surface area contributed by atoms with Crippen molar-refractivity contribution in [3.8, 4) is 17.0 Å². The van der Waals surface area contributed by atoms with E-state index in [0.717, 1.165) is 48.4 Å². The Morgan fingerprint density at radius 3 is 2.50 bits per heavy atom. The molecule has 2 bridgehead atoms. The lowest BCUT2D eigenvalue weighted by molar-refractivity contribution is -0.136. The van der Waals surface area contributed by atoms with Crippen LogP contribution in [0.2, 0.25) is 15.1 Å².